The molecule has 0 spiro atoms. The van der Waals surface area contributed by atoms with E-state index < -0.39 is 0 Å². The molecule has 1 heterocycles. The number of nitrogens with one attached hydrogen (secondary N) is 2. The maximum absolute atomic E-state index is 12.0. The highest BCUT2D eigenvalue weighted by molar-refractivity contribution is 6.05. The van der Waals surface area contributed by atoms with Crippen LogP contribution in [-0.2, 0) is 4.74 Å². The molecule has 2 rings (SSSR count). The lowest BCUT2D eigenvalue weighted by atomic mass is 10.2. The molecule has 18 heavy (non-hydrogen) atoms. The van der Waals surface area contributed by atoms with Crippen molar-refractivity contribution in [3.63, 3.8) is 0 Å². The van der Waals surface area contributed by atoms with E-state index in [2.05, 4.69) is 15.5 Å². The number of aromatic nitrogens is 2. The minimum Gasteiger partial charge on any atom is -0.399 e. The van der Waals surface area contributed by atoms with Gasteiger partial charge in [0.2, 0.25) is 0 Å². The van der Waals surface area contributed by atoms with Gasteiger partial charge < -0.3 is 15.8 Å². The number of methoxy groups -OCH3 is 1. The van der Waals surface area contributed by atoms with Crippen LogP contribution in [0.4, 0.5) is 5.69 Å². The van der Waals surface area contributed by atoms with E-state index in [1.807, 2.05) is 6.92 Å². The lowest BCUT2D eigenvalue weighted by Gasteiger charge is -2.11. The summed E-state index contributed by atoms with van der Waals surface area (Å²) in [5, 5.41) is 10.3. The number of nitrogen functional groups attached to an aromatic ring is 1. The summed E-state index contributed by atoms with van der Waals surface area (Å²) in [6.07, 6.45) is 0. The van der Waals surface area contributed by atoms with Crippen molar-refractivity contribution in [2.24, 2.45) is 0 Å². The zero-order valence-electron chi connectivity index (χ0n) is 10.4. The smallest absolute Gasteiger partial charge is 0.272 e. The van der Waals surface area contributed by atoms with Gasteiger partial charge in [-0.2, -0.15) is 5.10 Å². The maximum atomic E-state index is 12.0. The summed E-state index contributed by atoms with van der Waals surface area (Å²) in [4.78, 5) is 12.0. The first-order chi connectivity index (χ1) is 8.61. The minimum atomic E-state index is -0.239. The fraction of sp³-hybridized carbons (Fsp3) is 0.333. The topological polar surface area (TPSA) is 93.0 Å². The average molecular weight is 248 g/mol. The van der Waals surface area contributed by atoms with Crippen LogP contribution in [0.25, 0.3) is 10.9 Å². The molecule has 1 aromatic heterocycles. The van der Waals surface area contributed by atoms with Crippen molar-refractivity contribution in [3.8, 4) is 0 Å². The number of amides is 1. The molecule has 0 saturated heterocycles. The van der Waals surface area contributed by atoms with Crippen molar-refractivity contribution in [3.05, 3.63) is 23.9 Å². The number of carbonyl (C=O) groups excluding carboxylic acids is 1. The monoisotopic (exact) mass is 248 g/mol. The Kier molecular flexibility index (Phi) is 3.47. The Balaban J connectivity index is 2.25. The molecule has 1 amide bonds. The van der Waals surface area contributed by atoms with Gasteiger partial charge in [-0.3, -0.25) is 9.89 Å². The molecule has 1 unspecified atom stereocenters. The summed E-state index contributed by atoms with van der Waals surface area (Å²) < 4.78 is 4.97. The molecule has 2 aromatic rings. The fourth-order valence-electron chi connectivity index (χ4n) is 1.79. The minimum absolute atomic E-state index is 0.0738. The molecule has 0 aliphatic carbocycles. The lowest BCUT2D eigenvalue weighted by Crippen LogP contribution is -2.35. The number of anilines is 1. The van der Waals surface area contributed by atoms with Gasteiger partial charge in [-0.15, -0.1) is 0 Å². The molecular formula is C12H16N4O2. The van der Waals surface area contributed by atoms with Crippen LogP contribution in [0.2, 0.25) is 0 Å². The predicted molar refractivity (Wildman–Crippen MR) is 69.3 cm³/mol. The van der Waals surface area contributed by atoms with Crippen molar-refractivity contribution < 1.29 is 9.53 Å². The van der Waals surface area contributed by atoms with E-state index in [0.29, 0.717) is 18.0 Å². The number of hydrogen-bond acceptors (Lipinski definition) is 4. The first-order valence-corrected chi connectivity index (χ1v) is 5.65. The Labute approximate surface area is 104 Å². The van der Waals surface area contributed by atoms with E-state index in [0.717, 1.165) is 10.9 Å². The molecule has 96 valence electrons. The molecular weight excluding hydrogens is 232 g/mol. The molecule has 0 bridgehead atoms. The Morgan fingerprint density at radius 3 is 3.11 bits per heavy atom. The van der Waals surface area contributed by atoms with Crippen LogP contribution in [-0.4, -0.2) is 35.9 Å². The van der Waals surface area contributed by atoms with Gasteiger partial charge in [-0.25, -0.2) is 0 Å². The zero-order valence-corrected chi connectivity index (χ0v) is 10.4. The second kappa shape index (κ2) is 5.05. The molecule has 0 fully saturated rings. The van der Waals surface area contributed by atoms with Crippen molar-refractivity contribution in [2.75, 3.05) is 19.5 Å². The molecule has 0 radical (unpaired) electrons. The molecule has 0 aliphatic rings. The number of fused-ring (bicyclic) bond motifs is 1. The molecule has 6 nitrogen and oxygen atoms in total. The zero-order chi connectivity index (χ0) is 13.1. The van der Waals surface area contributed by atoms with Crippen LogP contribution in [0.3, 0.4) is 0 Å². The predicted octanol–water partition coefficient (Wildman–Crippen LogP) is 0.910. The van der Waals surface area contributed by atoms with Crippen molar-refractivity contribution >= 4 is 22.5 Å². The largest absolute Gasteiger partial charge is 0.399 e. The molecule has 1 aromatic carbocycles. The Bertz CT molecular complexity index is 564. The van der Waals surface area contributed by atoms with Crippen molar-refractivity contribution in [1.29, 1.82) is 0 Å². The normalized spacial score (nSPS) is 12.6. The van der Waals surface area contributed by atoms with Gasteiger partial charge in [-0.05, 0) is 25.1 Å². The van der Waals surface area contributed by atoms with Gasteiger partial charge in [0.15, 0.2) is 5.69 Å². The number of carbonyl (C=O) groups is 1. The Morgan fingerprint density at radius 2 is 2.39 bits per heavy atom. The van der Waals surface area contributed by atoms with Crippen molar-refractivity contribution in [1.82, 2.24) is 15.5 Å². The number of benzene rings is 1. The van der Waals surface area contributed by atoms with E-state index >= 15 is 0 Å². The van der Waals surface area contributed by atoms with Gasteiger partial charge >= 0.3 is 0 Å². The summed E-state index contributed by atoms with van der Waals surface area (Å²) in [6, 6.07) is 5.22. The number of hydrogen-bond donors (Lipinski definition) is 3. The summed E-state index contributed by atoms with van der Waals surface area (Å²) in [7, 11) is 1.59. The highest BCUT2D eigenvalue weighted by atomic mass is 16.5. The second-order valence-corrected chi connectivity index (χ2v) is 4.21. The number of nitrogens with zero attached hydrogens (tertiary/aromatic N) is 1. The summed E-state index contributed by atoms with van der Waals surface area (Å²) >= 11 is 0. The van der Waals surface area contributed by atoms with E-state index in [1.165, 1.54) is 0 Å². The van der Waals surface area contributed by atoms with E-state index in [1.54, 1.807) is 25.3 Å². The standard InChI is InChI=1S/C12H16N4O2/c1-7(6-18-2)14-12(17)11-9-5-8(13)3-4-10(9)15-16-11/h3-5,7H,6,13H2,1-2H3,(H,14,17)(H,15,16). The van der Waals surface area contributed by atoms with Crippen LogP contribution in [0, 0.1) is 0 Å². The summed E-state index contributed by atoms with van der Waals surface area (Å²) in [5.74, 6) is -0.239. The molecule has 6 heteroatoms. The lowest BCUT2D eigenvalue weighted by molar-refractivity contribution is 0.0902. The van der Waals surface area contributed by atoms with Gasteiger partial charge in [0.25, 0.3) is 5.91 Å². The van der Waals surface area contributed by atoms with Gasteiger partial charge in [0.05, 0.1) is 12.1 Å². The molecule has 1 atom stereocenters. The third kappa shape index (κ3) is 2.43. The van der Waals surface area contributed by atoms with Gasteiger partial charge in [-0.1, -0.05) is 0 Å². The molecule has 4 N–H and O–H groups in total. The number of H-pyrrole nitrogens is 1. The highest BCUT2D eigenvalue weighted by Crippen LogP contribution is 2.18. The van der Waals surface area contributed by atoms with Gasteiger partial charge in [0.1, 0.15) is 0 Å². The maximum Gasteiger partial charge on any atom is 0.272 e. The summed E-state index contributed by atoms with van der Waals surface area (Å²) in [6.45, 7) is 2.32. The highest BCUT2D eigenvalue weighted by Gasteiger charge is 2.16. The van der Waals surface area contributed by atoms with Gasteiger partial charge in [0, 0.05) is 24.2 Å². The third-order valence-corrected chi connectivity index (χ3v) is 2.60. The first kappa shape index (κ1) is 12.4. The number of nitrogens with two attached hydrogens (primary N) is 1. The van der Waals surface area contributed by atoms with Crippen LogP contribution in [0.15, 0.2) is 18.2 Å². The average Bonchev–Trinajstić information content (AvgIpc) is 2.71. The number of ether oxygens (including phenoxy) is 1. The second-order valence-electron chi connectivity index (χ2n) is 4.21. The number of rotatable bonds is 4. The summed E-state index contributed by atoms with van der Waals surface area (Å²) in [5.41, 5.74) is 7.44. The quantitative estimate of drug-likeness (QED) is 0.701. The number of aromatic amines is 1. The molecule has 0 aliphatic heterocycles. The van der Waals surface area contributed by atoms with E-state index in [4.69, 9.17) is 10.5 Å². The van der Waals surface area contributed by atoms with E-state index in [-0.39, 0.29) is 11.9 Å². The van der Waals surface area contributed by atoms with Crippen LogP contribution in [0.1, 0.15) is 17.4 Å². The Hall–Kier alpha value is -2.08. The molecule has 0 saturated carbocycles. The first-order valence-electron chi connectivity index (χ1n) is 5.65. The van der Waals surface area contributed by atoms with Crippen LogP contribution >= 0.6 is 0 Å². The van der Waals surface area contributed by atoms with Crippen LogP contribution < -0.4 is 11.1 Å². The van der Waals surface area contributed by atoms with Crippen LogP contribution in [0.5, 0.6) is 0 Å². The third-order valence-electron chi connectivity index (χ3n) is 2.60. The SMILES string of the molecule is COCC(C)NC(=O)c1n[nH]c2ccc(N)cc12. The Morgan fingerprint density at radius 1 is 1.61 bits per heavy atom. The van der Waals surface area contributed by atoms with Crippen molar-refractivity contribution in [2.45, 2.75) is 13.0 Å². The van der Waals surface area contributed by atoms with E-state index in [9.17, 15) is 4.79 Å². The fourth-order valence-corrected chi connectivity index (χ4v) is 1.79.